The van der Waals surface area contributed by atoms with Gasteiger partial charge in [-0.05, 0) is 41.7 Å². The predicted octanol–water partition coefficient (Wildman–Crippen LogP) is 2.74. The van der Waals surface area contributed by atoms with Crippen molar-refractivity contribution in [1.29, 1.82) is 5.26 Å². The molecule has 3 N–H and O–H groups in total. The van der Waals surface area contributed by atoms with Crippen LogP contribution in [-0.2, 0) is 19.2 Å². The van der Waals surface area contributed by atoms with Gasteiger partial charge in [-0.25, -0.2) is 13.2 Å². The number of carbonyl (C=O) groups excluding carboxylic acids is 4. The molecule has 0 spiro atoms. The van der Waals surface area contributed by atoms with Crippen LogP contribution >= 0.6 is 0 Å². The Kier molecular flexibility index (Phi) is 7.09. The monoisotopic (exact) mass is 601 g/mol. The van der Waals surface area contributed by atoms with Crippen molar-refractivity contribution < 1.29 is 37.1 Å². The maximum absolute atomic E-state index is 13.9. The van der Waals surface area contributed by atoms with Crippen molar-refractivity contribution in [1.82, 2.24) is 15.5 Å². The SMILES string of the molecule is CC1(C)[C@@H]2[C@@H](C(=O)NC(C#N)C[C@@H]3Oc4cc(F)ccc4NC3=O)N(C(=O)C(CC3CC3)NC(=O)C3CC(F)(F)C3)C[C@@H]21. The standard InChI is InChI=1S/C30H34F3N5O5/c1-29(2)18-13-38(28(42)20(7-14-3-4-14)37-25(39)15-10-30(32,33)11-15)24(23(18)29)27(41)35-17(12-34)9-22-26(40)36-19-6-5-16(31)8-21(19)43-22/h5-6,8,14-15,17-18,20,22-24H,3-4,7,9-11,13H2,1-2H3,(H,35,41)(H,36,40)(H,37,39)/t17?,18-,20?,22-,23-,24-/m0/s1. The van der Waals surface area contributed by atoms with E-state index in [0.717, 1.165) is 18.9 Å². The lowest BCUT2D eigenvalue weighted by Crippen LogP contribution is -2.58. The van der Waals surface area contributed by atoms with Crippen molar-refractivity contribution in [2.45, 2.75) is 82.5 Å². The number of halogens is 3. The van der Waals surface area contributed by atoms with Crippen molar-refractivity contribution in [2.24, 2.45) is 29.1 Å². The zero-order valence-electron chi connectivity index (χ0n) is 23.9. The quantitative estimate of drug-likeness (QED) is 0.398. The van der Waals surface area contributed by atoms with E-state index in [4.69, 9.17) is 4.74 Å². The number of nitrogens with zero attached hydrogens (tertiary/aromatic N) is 2. The van der Waals surface area contributed by atoms with E-state index >= 15 is 0 Å². The van der Waals surface area contributed by atoms with Gasteiger partial charge >= 0.3 is 0 Å². The summed E-state index contributed by atoms with van der Waals surface area (Å²) in [7, 11) is 0. The number of alkyl halides is 2. The molecule has 4 fully saturated rings. The van der Waals surface area contributed by atoms with Gasteiger partial charge in [0.2, 0.25) is 23.6 Å². The fraction of sp³-hybridized carbons (Fsp3) is 0.633. The molecule has 2 heterocycles. The molecule has 0 aromatic heterocycles. The molecule has 3 aliphatic carbocycles. The average Bonchev–Trinajstić information content (AvgIpc) is 3.78. The number of hydrogen-bond donors (Lipinski definition) is 3. The predicted molar refractivity (Wildman–Crippen MR) is 145 cm³/mol. The molecule has 0 radical (unpaired) electrons. The molecule has 1 aromatic carbocycles. The van der Waals surface area contributed by atoms with E-state index in [2.05, 4.69) is 16.0 Å². The number of fused-ring (bicyclic) bond motifs is 2. The minimum atomic E-state index is -2.87. The number of piperidine rings is 1. The largest absolute Gasteiger partial charge is 0.478 e. The molecule has 2 unspecified atom stereocenters. The van der Waals surface area contributed by atoms with Crippen LogP contribution in [0.5, 0.6) is 5.75 Å². The van der Waals surface area contributed by atoms with E-state index in [1.54, 1.807) is 0 Å². The maximum atomic E-state index is 13.9. The molecule has 6 rings (SSSR count). The Morgan fingerprint density at radius 2 is 1.88 bits per heavy atom. The first-order chi connectivity index (χ1) is 20.3. The summed E-state index contributed by atoms with van der Waals surface area (Å²) < 4.78 is 46.1. The van der Waals surface area contributed by atoms with Gasteiger partial charge in [0, 0.05) is 37.8 Å². The molecule has 0 bridgehead atoms. The van der Waals surface area contributed by atoms with Crippen LogP contribution in [0.25, 0.3) is 0 Å². The lowest BCUT2D eigenvalue weighted by molar-refractivity contribution is -0.153. The normalized spacial score (nSPS) is 29.4. The van der Waals surface area contributed by atoms with Gasteiger partial charge in [-0.3, -0.25) is 19.2 Å². The van der Waals surface area contributed by atoms with E-state index in [9.17, 15) is 37.6 Å². The Bertz CT molecular complexity index is 1400. The molecular formula is C30H34F3N5O5. The van der Waals surface area contributed by atoms with Crippen molar-refractivity contribution >= 4 is 29.3 Å². The number of nitriles is 1. The lowest BCUT2D eigenvalue weighted by Gasteiger charge is -2.36. The topological polar surface area (TPSA) is 141 Å². The first kappa shape index (κ1) is 29.3. The summed E-state index contributed by atoms with van der Waals surface area (Å²) in [5, 5.41) is 17.8. The molecule has 230 valence electrons. The highest BCUT2D eigenvalue weighted by molar-refractivity contribution is 5.98. The highest BCUT2D eigenvalue weighted by Gasteiger charge is 2.69. The summed E-state index contributed by atoms with van der Waals surface area (Å²) in [5.41, 5.74) is 0.0644. The molecule has 1 saturated heterocycles. The molecule has 13 heteroatoms. The molecule has 3 saturated carbocycles. The van der Waals surface area contributed by atoms with Gasteiger partial charge in [0.1, 0.15) is 29.7 Å². The minimum Gasteiger partial charge on any atom is -0.478 e. The maximum Gasteiger partial charge on any atom is 0.265 e. The summed E-state index contributed by atoms with van der Waals surface area (Å²) in [4.78, 5) is 54.4. The van der Waals surface area contributed by atoms with Gasteiger partial charge < -0.3 is 25.6 Å². The average molecular weight is 602 g/mol. The van der Waals surface area contributed by atoms with Crippen LogP contribution in [0.3, 0.4) is 0 Å². The first-order valence-electron chi connectivity index (χ1n) is 14.7. The summed E-state index contributed by atoms with van der Waals surface area (Å²) in [6.07, 6.45) is -0.294. The van der Waals surface area contributed by atoms with Crippen LogP contribution in [0.1, 0.15) is 52.4 Å². The summed E-state index contributed by atoms with van der Waals surface area (Å²) in [5.74, 6) is -6.20. The second-order valence-electron chi connectivity index (χ2n) is 13.3. The number of benzene rings is 1. The van der Waals surface area contributed by atoms with Crippen LogP contribution in [0.15, 0.2) is 18.2 Å². The van der Waals surface area contributed by atoms with E-state index in [0.29, 0.717) is 18.7 Å². The van der Waals surface area contributed by atoms with Crippen molar-refractivity contribution in [2.75, 3.05) is 11.9 Å². The molecule has 1 aromatic rings. The third-order valence-electron chi connectivity index (χ3n) is 9.79. The van der Waals surface area contributed by atoms with Crippen molar-refractivity contribution in [3.8, 4) is 11.8 Å². The molecule has 6 atom stereocenters. The second kappa shape index (κ2) is 10.4. The van der Waals surface area contributed by atoms with Gasteiger partial charge in [0.05, 0.1) is 11.8 Å². The van der Waals surface area contributed by atoms with Crippen molar-refractivity contribution in [3.05, 3.63) is 24.0 Å². The van der Waals surface area contributed by atoms with Gasteiger partial charge in [-0.2, -0.15) is 5.26 Å². The highest BCUT2D eigenvalue weighted by Crippen LogP contribution is 2.65. The number of ether oxygens (including phenoxy) is 1. The van der Waals surface area contributed by atoms with E-state index in [-0.39, 0.29) is 35.3 Å². The Labute approximate surface area is 246 Å². The number of likely N-dealkylation sites (tertiary alicyclic amines) is 1. The Balaban J connectivity index is 1.14. The number of carbonyl (C=O) groups is 4. The fourth-order valence-corrected chi connectivity index (χ4v) is 6.95. The van der Waals surface area contributed by atoms with Crippen molar-refractivity contribution in [3.63, 3.8) is 0 Å². The van der Waals surface area contributed by atoms with Crippen LogP contribution in [-0.4, -0.2) is 65.2 Å². The first-order valence-corrected chi connectivity index (χ1v) is 14.7. The third-order valence-corrected chi connectivity index (χ3v) is 9.79. The van der Waals surface area contributed by atoms with Gasteiger partial charge in [0.15, 0.2) is 6.10 Å². The number of amides is 4. The minimum absolute atomic E-state index is 0.0363. The Hall–Kier alpha value is -3.82. The Morgan fingerprint density at radius 1 is 1.16 bits per heavy atom. The summed E-state index contributed by atoms with van der Waals surface area (Å²) >= 11 is 0. The van der Waals surface area contributed by atoms with Crippen LogP contribution in [0, 0.1) is 46.2 Å². The third kappa shape index (κ3) is 5.63. The van der Waals surface area contributed by atoms with E-state index in [1.165, 1.54) is 17.0 Å². The lowest BCUT2D eigenvalue weighted by atomic mass is 9.80. The molecule has 10 nitrogen and oxygen atoms in total. The van der Waals surface area contributed by atoms with Crippen LogP contribution in [0.4, 0.5) is 18.9 Å². The van der Waals surface area contributed by atoms with Crippen LogP contribution in [0.2, 0.25) is 0 Å². The molecular weight excluding hydrogens is 567 g/mol. The number of anilines is 1. The molecule has 2 aliphatic heterocycles. The second-order valence-corrected chi connectivity index (χ2v) is 13.3. The zero-order chi connectivity index (χ0) is 30.8. The summed E-state index contributed by atoms with van der Waals surface area (Å²) in [6.45, 7) is 4.30. The Morgan fingerprint density at radius 3 is 2.53 bits per heavy atom. The number of nitrogens with one attached hydrogen (secondary N) is 3. The number of rotatable bonds is 9. The highest BCUT2D eigenvalue weighted by atomic mass is 19.3. The summed E-state index contributed by atoms with van der Waals surface area (Å²) in [6, 6.07) is 2.64. The fourth-order valence-electron chi connectivity index (χ4n) is 6.95. The smallest absolute Gasteiger partial charge is 0.265 e. The molecule has 5 aliphatic rings. The van der Waals surface area contributed by atoms with Gasteiger partial charge in [-0.1, -0.05) is 26.7 Å². The van der Waals surface area contributed by atoms with Crippen LogP contribution < -0.4 is 20.7 Å². The molecule has 4 amide bonds. The van der Waals surface area contributed by atoms with E-state index in [1.807, 2.05) is 19.9 Å². The van der Waals surface area contributed by atoms with Gasteiger partial charge in [-0.15, -0.1) is 0 Å². The molecule has 43 heavy (non-hydrogen) atoms. The number of hydrogen-bond acceptors (Lipinski definition) is 6. The zero-order valence-corrected chi connectivity index (χ0v) is 23.9. The van der Waals surface area contributed by atoms with Gasteiger partial charge in [0.25, 0.3) is 5.91 Å². The van der Waals surface area contributed by atoms with E-state index < -0.39 is 78.4 Å².